The van der Waals surface area contributed by atoms with Crippen molar-refractivity contribution in [1.29, 1.82) is 0 Å². The predicted octanol–water partition coefficient (Wildman–Crippen LogP) is 3.95. The highest BCUT2D eigenvalue weighted by Gasteiger charge is 2.64. The zero-order valence-corrected chi connectivity index (χ0v) is 26.6. The van der Waals surface area contributed by atoms with Crippen molar-refractivity contribution in [3.05, 3.63) is 23.3 Å². The van der Waals surface area contributed by atoms with E-state index in [1.165, 1.54) is 34.6 Å². The predicted molar refractivity (Wildman–Crippen MR) is 152 cm³/mol. The number of Topliss-reactive ketones (excluding diaryl/α,β-unsaturated/α-hetero) is 1. The van der Waals surface area contributed by atoms with E-state index in [-0.39, 0.29) is 18.1 Å². The molecule has 0 amide bonds. The van der Waals surface area contributed by atoms with E-state index in [9.17, 15) is 28.8 Å². The highest BCUT2D eigenvalue weighted by Crippen LogP contribution is 2.61. The lowest BCUT2D eigenvalue weighted by Gasteiger charge is -2.59. The Balaban J connectivity index is 2.34. The molecule has 2 bridgehead atoms. The molecule has 8 atom stereocenters. The van der Waals surface area contributed by atoms with Gasteiger partial charge in [-0.15, -0.1) is 0 Å². The topological polar surface area (TPSA) is 149 Å². The first kappa shape index (κ1) is 34.0. The molecule has 0 heterocycles. The zero-order chi connectivity index (χ0) is 32.6. The number of hydrogen-bond donors (Lipinski definition) is 0. The number of rotatable bonds is 7. The van der Waals surface area contributed by atoms with Gasteiger partial charge in [0.1, 0.15) is 30.5 Å². The molecule has 3 aliphatic rings. The molecule has 11 nitrogen and oxygen atoms in total. The second-order valence-electron chi connectivity index (χ2n) is 12.8. The molecule has 2 saturated carbocycles. The monoisotopic (exact) mass is 604 g/mol. The third kappa shape index (κ3) is 6.86. The van der Waals surface area contributed by atoms with E-state index in [1.807, 2.05) is 27.7 Å². The standard InChI is InChI=1S/C32H44O11/c1-15(33)11-27(38)43-25-14-26(40-19(5)35)32(10)23(16(25)2)12-22-13-24(39-18(4)34)17(3)28(31(22,8)9)29(41-20(6)36)30(32)42-21(7)37/h22-26,29-30H,2,11-14H2,1,3-10H3/t22-,23-,24+,25+,26+,29-,30+,32+/m1/s1. The number of carbonyl (C=O) groups excluding carboxylic acids is 6. The van der Waals surface area contributed by atoms with Gasteiger partial charge in [0.05, 0.1) is 5.41 Å². The number of ether oxygens (including phenoxy) is 5. The maximum absolute atomic E-state index is 12.7. The summed E-state index contributed by atoms with van der Waals surface area (Å²) in [6, 6.07) is 0. The fraction of sp³-hybridized carbons (Fsp3) is 0.688. The number of esters is 5. The molecular formula is C32H44O11. The summed E-state index contributed by atoms with van der Waals surface area (Å²) in [5.74, 6) is -4.23. The van der Waals surface area contributed by atoms with Gasteiger partial charge in [0.25, 0.3) is 0 Å². The smallest absolute Gasteiger partial charge is 0.313 e. The fourth-order valence-electron chi connectivity index (χ4n) is 7.52. The Bertz CT molecular complexity index is 1240. The first-order valence-corrected chi connectivity index (χ1v) is 14.6. The van der Waals surface area contributed by atoms with Crippen molar-refractivity contribution >= 4 is 35.6 Å². The van der Waals surface area contributed by atoms with E-state index < -0.39 is 83.5 Å². The Morgan fingerprint density at radius 1 is 0.744 bits per heavy atom. The fourth-order valence-corrected chi connectivity index (χ4v) is 7.52. The van der Waals surface area contributed by atoms with Crippen LogP contribution in [0.2, 0.25) is 0 Å². The molecule has 0 radical (unpaired) electrons. The zero-order valence-electron chi connectivity index (χ0n) is 26.6. The summed E-state index contributed by atoms with van der Waals surface area (Å²) in [6.07, 6.45) is -4.40. The van der Waals surface area contributed by atoms with Crippen LogP contribution in [0.3, 0.4) is 0 Å². The second-order valence-corrected chi connectivity index (χ2v) is 12.8. The van der Waals surface area contributed by atoms with Gasteiger partial charge in [-0.05, 0) is 60.7 Å². The highest BCUT2D eigenvalue weighted by molar-refractivity contribution is 5.94. The van der Waals surface area contributed by atoms with Crippen molar-refractivity contribution in [1.82, 2.24) is 0 Å². The molecule has 2 fully saturated rings. The van der Waals surface area contributed by atoms with E-state index in [2.05, 4.69) is 6.58 Å². The van der Waals surface area contributed by atoms with Gasteiger partial charge in [-0.25, -0.2) is 0 Å². The van der Waals surface area contributed by atoms with E-state index in [0.717, 1.165) is 0 Å². The quantitative estimate of drug-likeness (QED) is 0.180. The van der Waals surface area contributed by atoms with Gasteiger partial charge in [0.2, 0.25) is 0 Å². The molecular weight excluding hydrogens is 560 g/mol. The van der Waals surface area contributed by atoms with Gasteiger partial charge in [-0.3, -0.25) is 28.8 Å². The first-order chi connectivity index (χ1) is 19.8. The first-order valence-electron chi connectivity index (χ1n) is 14.6. The minimum Gasteiger partial charge on any atom is -0.462 e. The number of ketones is 1. The number of carbonyl (C=O) groups is 6. The van der Waals surface area contributed by atoms with Gasteiger partial charge in [-0.2, -0.15) is 0 Å². The van der Waals surface area contributed by atoms with Gasteiger partial charge in [0.15, 0.2) is 12.2 Å². The van der Waals surface area contributed by atoms with Crippen LogP contribution in [0, 0.1) is 22.7 Å². The lowest BCUT2D eigenvalue weighted by molar-refractivity contribution is -0.212. The molecule has 3 rings (SSSR count). The van der Waals surface area contributed by atoms with Crippen molar-refractivity contribution in [3.8, 4) is 0 Å². The molecule has 0 spiro atoms. The van der Waals surface area contributed by atoms with Crippen LogP contribution in [-0.4, -0.2) is 66.1 Å². The Kier molecular flexibility index (Phi) is 9.98. The normalized spacial score (nSPS) is 33.1. The second kappa shape index (κ2) is 12.6. The van der Waals surface area contributed by atoms with Crippen LogP contribution < -0.4 is 0 Å². The van der Waals surface area contributed by atoms with E-state index in [1.54, 1.807) is 0 Å². The molecule has 0 aromatic heterocycles. The Morgan fingerprint density at radius 3 is 1.81 bits per heavy atom. The minimum atomic E-state index is -1.20. The molecule has 238 valence electrons. The maximum Gasteiger partial charge on any atom is 0.313 e. The molecule has 0 saturated heterocycles. The van der Waals surface area contributed by atoms with Crippen molar-refractivity contribution in [2.45, 2.75) is 119 Å². The van der Waals surface area contributed by atoms with Crippen LogP contribution in [0.15, 0.2) is 23.3 Å². The highest BCUT2D eigenvalue weighted by atomic mass is 16.6. The largest absolute Gasteiger partial charge is 0.462 e. The van der Waals surface area contributed by atoms with E-state index in [0.29, 0.717) is 29.6 Å². The van der Waals surface area contributed by atoms with Gasteiger partial charge in [0, 0.05) is 34.1 Å². The summed E-state index contributed by atoms with van der Waals surface area (Å²) in [4.78, 5) is 74.2. The third-order valence-electron chi connectivity index (χ3n) is 9.42. The van der Waals surface area contributed by atoms with Crippen molar-refractivity contribution in [3.63, 3.8) is 0 Å². The van der Waals surface area contributed by atoms with Crippen LogP contribution in [0.25, 0.3) is 0 Å². The summed E-state index contributed by atoms with van der Waals surface area (Å²) in [6.45, 7) is 18.3. The molecule has 0 aromatic rings. The average molecular weight is 605 g/mol. The minimum absolute atomic E-state index is 0.0121. The van der Waals surface area contributed by atoms with Gasteiger partial charge < -0.3 is 23.7 Å². The van der Waals surface area contributed by atoms with E-state index >= 15 is 0 Å². The summed E-state index contributed by atoms with van der Waals surface area (Å²) in [7, 11) is 0. The van der Waals surface area contributed by atoms with Crippen molar-refractivity contribution in [2.75, 3.05) is 0 Å². The summed E-state index contributed by atoms with van der Waals surface area (Å²) in [5, 5.41) is 0. The third-order valence-corrected chi connectivity index (χ3v) is 9.42. The van der Waals surface area contributed by atoms with Gasteiger partial charge >= 0.3 is 29.8 Å². The Hall–Kier alpha value is -3.50. The summed E-state index contributed by atoms with van der Waals surface area (Å²) in [5.41, 5.74) is 0.00817. The van der Waals surface area contributed by atoms with Gasteiger partial charge in [-0.1, -0.05) is 27.4 Å². The van der Waals surface area contributed by atoms with Crippen LogP contribution in [-0.2, 0) is 52.5 Å². The molecule has 3 aliphatic carbocycles. The Morgan fingerprint density at radius 2 is 1.30 bits per heavy atom. The molecule has 0 unspecified atom stereocenters. The summed E-state index contributed by atoms with van der Waals surface area (Å²) < 4.78 is 29.4. The van der Waals surface area contributed by atoms with Crippen LogP contribution in [0.5, 0.6) is 0 Å². The number of fused-ring (bicyclic) bond motifs is 3. The molecule has 11 heteroatoms. The maximum atomic E-state index is 12.7. The Labute approximate surface area is 252 Å². The molecule has 0 aromatic carbocycles. The average Bonchev–Trinajstić information content (AvgIpc) is 2.83. The van der Waals surface area contributed by atoms with E-state index in [4.69, 9.17) is 23.7 Å². The molecule has 0 aliphatic heterocycles. The summed E-state index contributed by atoms with van der Waals surface area (Å²) >= 11 is 0. The lowest BCUT2D eigenvalue weighted by atomic mass is 9.49. The van der Waals surface area contributed by atoms with Crippen LogP contribution >= 0.6 is 0 Å². The molecule has 43 heavy (non-hydrogen) atoms. The lowest BCUT2D eigenvalue weighted by Crippen LogP contribution is -2.64. The van der Waals surface area contributed by atoms with Crippen LogP contribution in [0.1, 0.15) is 88.0 Å². The SMILES string of the molecule is C=C1[C@@H](OC(=O)CC(C)=O)C[C@H](OC(C)=O)[C@]2(C)[C@@H]1C[C@@H]1C[C@H](OC(C)=O)C(C)=C([C@@H](OC(C)=O)[C@@H]2OC(C)=O)C1(C)C. The van der Waals surface area contributed by atoms with Crippen molar-refractivity contribution in [2.24, 2.45) is 22.7 Å². The van der Waals surface area contributed by atoms with Crippen LogP contribution in [0.4, 0.5) is 0 Å². The molecule has 0 N–H and O–H groups in total. The van der Waals surface area contributed by atoms with Crippen molar-refractivity contribution < 1.29 is 52.5 Å². The number of hydrogen-bond acceptors (Lipinski definition) is 11.